The standard InChI is InChI=1S/C21H19FN2O5/c1-13-4-7-15(11-16(13)22)21-23-19(29-24-21)12-28-17-8-5-14(10-18(17)26-2)6-9-20(25)27-3/h4-11H,12H2,1-3H3/b9-6+. The molecule has 3 rings (SSSR count). The van der Waals surface area contributed by atoms with Gasteiger partial charge < -0.3 is 18.7 Å². The van der Waals surface area contributed by atoms with Gasteiger partial charge in [0.15, 0.2) is 18.1 Å². The molecule has 29 heavy (non-hydrogen) atoms. The second-order valence-electron chi connectivity index (χ2n) is 6.03. The van der Waals surface area contributed by atoms with E-state index in [1.165, 1.54) is 26.4 Å². The van der Waals surface area contributed by atoms with Crippen molar-refractivity contribution in [3.05, 3.63) is 65.3 Å². The monoisotopic (exact) mass is 398 g/mol. The van der Waals surface area contributed by atoms with Crippen LogP contribution in [0.1, 0.15) is 17.0 Å². The SMILES string of the molecule is COC(=O)/C=C/c1ccc(OCc2nc(-c3ccc(C)c(F)c3)no2)c(OC)c1. The number of hydrogen-bond acceptors (Lipinski definition) is 7. The van der Waals surface area contributed by atoms with Gasteiger partial charge in [0, 0.05) is 11.6 Å². The Morgan fingerprint density at radius 1 is 1.17 bits per heavy atom. The largest absolute Gasteiger partial charge is 0.493 e. The lowest BCUT2D eigenvalue weighted by Gasteiger charge is -2.09. The molecule has 0 saturated heterocycles. The fourth-order valence-electron chi connectivity index (χ4n) is 2.44. The minimum absolute atomic E-state index is 0.00898. The van der Waals surface area contributed by atoms with Crippen molar-refractivity contribution >= 4 is 12.0 Å². The molecular weight excluding hydrogens is 379 g/mol. The summed E-state index contributed by atoms with van der Waals surface area (Å²) in [6, 6.07) is 9.89. The summed E-state index contributed by atoms with van der Waals surface area (Å²) >= 11 is 0. The second-order valence-corrected chi connectivity index (χ2v) is 6.03. The third-order valence-corrected chi connectivity index (χ3v) is 4.05. The van der Waals surface area contributed by atoms with Crippen LogP contribution in [0.3, 0.4) is 0 Å². The highest BCUT2D eigenvalue weighted by Crippen LogP contribution is 2.29. The molecule has 0 N–H and O–H groups in total. The molecule has 0 amide bonds. The van der Waals surface area contributed by atoms with Crippen LogP contribution in [0.2, 0.25) is 0 Å². The molecule has 0 unspecified atom stereocenters. The fourth-order valence-corrected chi connectivity index (χ4v) is 2.44. The summed E-state index contributed by atoms with van der Waals surface area (Å²) < 4.78 is 34.5. The number of aromatic nitrogens is 2. The number of rotatable bonds is 7. The van der Waals surface area contributed by atoms with Gasteiger partial charge in [-0.3, -0.25) is 0 Å². The van der Waals surface area contributed by atoms with Crippen LogP contribution in [0.5, 0.6) is 11.5 Å². The summed E-state index contributed by atoms with van der Waals surface area (Å²) in [6.45, 7) is 1.69. The lowest BCUT2D eigenvalue weighted by atomic mass is 10.1. The predicted molar refractivity (Wildman–Crippen MR) is 103 cm³/mol. The van der Waals surface area contributed by atoms with Crippen molar-refractivity contribution in [2.24, 2.45) is 0 Å². The number of carbonyl (C=O) groups excluding carboxylic acids is 1. The Morgan fingerprint density at radius 2 is 2.00 bits per heavy atom. The molecule has 3 aromatic rings. The summed E-state index contributed by atoms with van der Waals surface area (Å²) in [6.07, 6.45) is 2.91. The van der Waals surface area contributed by atoms with Gasteiger partial charge in [-0.1, -0.05) is 23.4 Å². The van der Waals surface area contributed by atoms with E-state index in [1.807, 2.05) is 0 Å². The molecule has 0 spiro atoms. The number of aryl methyl sites for hydroxylation is 1. The Hall–Kier alpha value is -3.68. The molecule has 8 heteroatoms. The number of benzene rings is 2. The van der Waals surface area contributed by atoms with Crippen LogP contribution in [0.25, 0.3) is 17.5 Å². The molecule has 0 bridgehead atoms. The highest BCUT2D eigenvalue weighted by molar-refractivity contribution is 5.87. The van der Waals surface area contributed by atoms with Gasteiger partial charge >= 0.3 is 5.97 Å². The number of carbonyl (C=O) groups is 1. The Labute approximate surface area is 166 Å². The van der Waals surface area contributed by atoms with Crippen LogP contribution < -0.4 is 9.47 Å². The van der Waals surface area contributed by atoms with Crippen molar-refractivity contribution < 1.29 is 27.9 Å². The third-order valence-electron chi connectivity index (χ3n) is 4.05. The van der Waals surface area contributed by atoms with Crippen molar-refractivity contribution in [1.82, 2.24) is 10.1 Å². The fraction of sp³-hybridized carbons (Fsp3) is 0.190. The molecule has 1 heterocycles. The van der Waals surface area contributed by atoms with Crippen LogP contribution in [-0.2, 0) is 16.1 Å². The van der Waals surface area contributed by atoms with Gasteiger partial charge in [-0.25, -0.2) is 9.18 Å². The normalized spacial score (nSPS) is 10.9. The van der Waals surface area contributed by atoms with Crippen molar-refractivity contribution in [3.63, 3.8) is 0 Å². The summed E-state index contributed by atoms with van der Waals surface area (Å²) in [5, 5.41) is 3.86. The van der Waals surface area contributed by atoms with Crippen LogP contribution in [-0.4, -0.2) is 30.3 Å². The molecular formula is C21H19FN2O5. The van der Waals surface area contributed by atoms with E-state index in [0.717, 1.165) is 5.56 Å². The van der Waals surface area contributed by atoms with E-state index in [2.05, 4.69) is 14.9 Å². The average Bonchev–Trinajstić information content (AvgIpc) is 3.21. The number of ether oxygens (including phenoxy) is 3. The lowest BCUT2D eigenvalue weighted by molar-refractivity contribution is -0.134. The highest BCUT2D eigenvalue weighted by Gasteiger charge is 2.12. The first-order valence-corrected chi connectivity index (χ1v) is 8.66. The second kappa shape index (κ2) is 9.01. The zero-order valence-electron chi connectivity index (χ0n) is 16.1. The predicted octanol–water partition coefficient (Wildman–Crippen LogP) is 3.96. The Balaban J connectivity index is 1.69. The molecule has 1 aromatic heterocycles. The third kappa shape index (κ3) is 4.98. The van der Waals surface area contributed by atoms with Gasteiger partial charge in [0.05, 0.1) is 14.2 Å². The molecule has 7 nitrogen and oxygen atoms in total. The molecule has 0 saturated carbocycles. The molecule has 0 fully saturated rings. The molecule has 0 aliphatic heterocycles. The summed E-state index contributed by atoms with van der Waals surface area (Å²) in [4.78, 5) is 15.4. The molecule has 2 aromatic carbocycles. The van der Waals surface area contributed by atoms with Crippen molar-refractivity contribution in [1.29, 1.82) is 0 Å². The maximum absolute atomic E-state index is 13.7. The Bertz CT molecular complexity index is 1050. The van der Waals surface area contributed by atoms with Gasteiger partial charge in [0.1, 0.15) is 5.82 Å². The van der Waals surface area contributed by atoms with Gasteiger partial charge in [-0.2, -0.15) is 4.98 Å². The number of halogens is 1. The summed E-state index contributed by atoms with van der Waals surface area (Å²) in [5.41, 5.74) is 1.79. The zero-order valence-corrected chi connectivity index (χ0v) is 16.1. The molecule has 0 aliphatic carbocycles. The van der Waals surface area contributed by atoms with E-state index in [9.17, 15) is 9.18 Å². The summed E-state index contributed by atoms with van der Waals surface area (Å²) in [7, 11) is 2.81. The van der Waals surface area contributed by atoms with E-state index in [1.54, 1.807) is 43.3 Å². The maximum atomic E-state index is 13.7. The van der Waals surface area contributed by atoms with Crippen molar-refractivity contribution in [2.45, 2.75) is 13.5 Å². The zero-order chi connectivity index (χ0) is 20.8. The topological polar surface area (TPSA) is 83.7 Å². The quantitative estimate of drug-likeness (QED) is 0.440. The molecule has 0 radical (unpaired) electrons. The highest BCUT2D eigenvalue weighted by atomic mass is 19.1. The minimum Gasteiger partial charge on any atom is -0.493 e. The van der Waals surface area contributed by atoms with E-state index >= 15 is 0 Å². The molecule has 0 atom stereocenters. The Kier molecular flexibility index (Phi) is 6.23. The minimum atomic E-state index is -0.454. The first-order valence-electron chi connectivity index (χ1n) is 8.66. The first kappa shape index (κ1) is 20.1. The van der Waals surface area contributed by atoms with E-state index in [-0.39, 0.29) is 24.1 Å². The smallest absolute Gasteiger partial charge is 0.330 e. The van der Waals surface area contributed by atoms with Gasteiger partial charge in [-0.15, -0.1) is 0 Å². The average molecular weight is 398 g/mol. The van der Waals surface area contributed by atoms with Crippen molar-refractivity contribution in [3.8, 4) is 22.9 Å². The first-order chi connectivity index (χ1) is 14.0. The van der Waals surface area contributed by atoms with Crippen LogP contribution >= 0.6 is 0 Å². The van der Waals surface area contributed by atoms with Gasteiger partial charge in [0.25, 0.3) is 5.89 Å². The van der Waals surface area contributed by atoms with Crippen molar-refractivity contribution in [2.75, 3.05) is 14.2 Å². The van der Waals surface area contributed by atoms with E-state index in [4.69, 9.17) is 14.0 Å². The number of nitrogens with zero attached hydrogens (tertiary/aromatic N) is 2. The maximum Gasteiger partial charge on any atom is 0.330 e. The van der Waals surface area contributed by atoms with Crippen LogP contribution in [0.4, 0.5) is 4.39 Å². The molecule has 0 aliphatic rings. The van der Waals surface area contributed by atoms with Crippen LogP contribution in [0.15, 0.2) is 47.0 Å². The number of hydrogen-bond donors (Lipinski definition) is 0. The van der Waals surface area contributed by atoms with Gasteiger partial charge in [0.2, 0.25) is 5.82 Å². The lowest BCUT2D eigenvalue weighted by Crippen LogP contribution is -1.98. The van der Waals surface area contributed by atoms with E-state index in [0.29, 0.717) is 22.6 Å². The van der Waals surface area contributed by atoms with Gasteiger partial charge in [-0.05, 0) is 42.3 Å². The van der Waals surface area contributed by atoms with E-state index < -0.39 is 5.97 Å². The number of esters is 1. The summed E-state index contributed by atoms with van der Waals surface area (Å²) in [5.74, 6) is 0.651. The van der Waals surface area contributed by atoms with Crippen LogP contribution in [0, 0.1) is 12.7 Å². The Morgan fingerprint density at radius 3 is 2.72 bits per heavy atom. The number of methoxy groups -OCH3 is 2. The molecule has 150 valence electrons.